The summed E-state index contributed by atoms with van der Waals surface area (Å²) in [4.78, 5) is 15.4. The predicted octanol–water partition coefficient (Wildman–Crippen LogP) is 3.09. The van der Waals surface area contributed by atoms with Gasteiger partial charge in [-0.2, -0.15) is 0 Å². The number of ether oxygens (including phenoxy) is 1. The highest BCUT2D eigenvalue weighted by Gasteiger charge is 2.20. The summed E-state index contributed by atoms with van der Waals surface area (Å²) in [6.07, 6.45) is 3.13. The van der Waals surface area contributed by atoms with Crippen molar-refractivity contribution >= 4 is 27.6 Å². The van der Waals surface area contributed by atoms with E-state index in [-0.39, 0.29) is 0 Å². The molecule has 0 spiro atoms. The van der Waals surface area contributed by atoms with Gasteiger partial charge in [-0.1, -0.05) is 0 Å². The number of anilines is 1. The monoisotopic (exact) mass is 336 g/mol. The van der Waals surface area contributed by atoms with E-state index in [0.717, 1.165) is 4.47 Å². The van der Waals surface area contributed by atoms with Crippen molar-refractivity contribution in [2.24, 2.45) is 0 Å². The van der Waals surface area contributed by atoms with Gasteiger partial charge in [0, 0.05) is 28.1 Å². The molecular weight excluding hydrogens is 324 g/mol. The van der Waals surface area contributed by atoms with Crippen molar-refractivity contribution in [3.8, 4) is 5.75 Å². The first-order chi connectivity index (χ1) is 9.60. The molecule has 0 aliphatic carbocycles. The van der Waals surface area contributed by atoms with Crippen LogP contribution in [0.4, 0.5) is 5.69 Å². The quantitative estimate of drug-likeness (QED) is 0.877. The van der Waals surface area contributed by atoms with E-state index in [9.17, 15) is 9.90 Å². The van der Waals surface area contributed by atoms with Gasteiger partial charge in [0.05, 0.1) is 7.11 Å². The average Bonchev–Trinajstić information content (AvgIpc) is 2.45. The third-order valence-electron chi connectivity index (χ3n) is 2.71. The lowest BCUT2D eigenvalue weighted by atomic mass is 10.1. The molecule has 0 aliphatic heterocycles. The van der Waals surface area contributed by atoms with Gasteiger partial charge < -0.3 is 15.2 Å². The van der Waals surface area contributed by atoms with Crippen molar-refractivity contribution in [2.45, 2.75) is 6.04 Å². The fourth-order valence-corrected chi connectivity index (χ4v) is 2.11. The Labute approximate surface area is 124 Å². The number of aliphatic carboxylic acids is 1. The maximum Gasteiger partial charge on any atom is 0.330 e. The highest BCUT2D eigenvalue weighted by atomic mass is 79.9. The highest BCUT2D eigenvalue weighted by molar-refractivity contribution is 9.10. The summed E-state index contributed by atoms with van der Waals surface area (Å²) >= 11 is 3.28. The molecule has 0 aliphatic rings. The topological polar surface area (TPSA) is 71.5 Å². The van der Waals surface area contributed by atoms with Crippen LogP contribution < -0.4 is 10.1 Å². The van der Waals surface area contributed by atoms with Crippen LogP contribution in [0.1, 0.15) is 11.6 Å². The molecule has 1 heterocycles. The SMILES string of the molecule is COc1ccc(NC(C(=O)O)c2cncc(Br)c2)cc1. The molecular formula is C14H13BrN2O3. The van der Waals surface area contributed by atoms with Crippen LogP contribution in [-0.2, 0) is 4.79 Å². The van der Waals surface area contributed by atoms with Gasteiger partial charge in [-0.3, -0.25) is 4.98 Å². The van der Waals surface area contributed by atoms with Crippen LogP contribution in [0.15, 0.2) is 47.2 Å². The van der Waals surface area contributed by atoms with Crippen molar-refractivity contribution in [2.75, 3.05) is 12.4 Å². The molecule has 1 aromatic heterocycles. The Morgan fingerprint density at radius 2 is 2.05 bits per heavy atom. The number of pyridine rings is 1. The summed E-state index contributed by atoms with van der Waals surface area (Å²) in [5.74, 6) is -0.257. The number of rotatable bonds is 5. The molecule has 1 atom stereocenters. The van der Waals surface area contributed by atoms with Crippen molar-refractivity contribution in [1.82, 2.24) is 4.98 Å². The number of carboxylic acid groups (broad SMARTS) is 1. The lowest BCUT2D eigenvalue weighted by Gasteiger charge is -2.16. The predicted molar refractivity (Wildman–Crippen MR) is 78.9 cm³/mol. The van der Waals surface area contributed by atoms with Crippen LogP contribution in [0, 0.1) is 0 Å². The fourth-order valence-electron chi connectivity index (χ4n) is 1.73. The smallest absolute Gasteiger partial charge is 0.330 e. The van der Waals surface area contributed by atoms with Crippen LogP contribution in [0.3, 0.4) is 0 Å². The molecule has 0 amide bonds. The lowest BCUT2D eigenvalue weighted by molar-refractivity contribution is -0.138. The maximum atomic E-state index is 11.4. The Morgan fingerprint density at radius 1 is 1.35 bits per heavy atom. The number of nitrogens with zero attached hydrogens (tertiary/aromatic N) is 1. The van der Waals surface area contributed by atoms with Crippen molar-refractivity contribution in [3.63, 3.8) is 0 Å². The molecule has 2 N–H and O–H groups in total. The van der Waals surface area contributed by atoms with Crippen molar-refractivity contribution < 1.29 is 14.6 Å². The van der Waals surface area contributed by atoms with E-state index in [0.29, 0.717) is 17.0 Å². The Hall–Kier alpha value is -2.08. The van der Waals surface area contributed by atoms with Gasteiger partial charge in [0.15, 0.2) is 6.04 Å². The van der Waals surface area contributed by atoms with E-state index in [1.165, 1.54) is 6.20 Å². The second-order valence-electron chi connectivity index (χ2n) is 4.08. The largest absolute Gasteiger partial charge is 0.497 e. The van der Waals surface area contributed by atoms with Gasteiger partial charge in [0.1, 0.15) is 5.75 Å². The van der Waals surface area contributed by atoms with E-state index >= 15 is 0 Å². The van der Waals surface area contributed by atoms with E-state index in [2.05, 4.69) is 26.2 Å². The summed E-state index contributed by atoms with van der Waals surface area (Å²) in [5.41, 5.74) is 1.26. The number of hydrogen-bond acceptors (Lipinski definition) is 4. The molecule has 104 valence electrons. The molecule has 2 rings (SSSR count). The second-order valence-corrected chi connectivity index (χ2v) is 5.00. The molecule has 6 heteroatoms. The van der Waals surface area contributed by atoms with Crippen molar-refractivity contribution in [3.05, 3.63) is 52.8 Å². The standard InChI is InChI=1S/C14H13BrN2O3/c1-20-12-4-2-11(3-5-12)17-13(14(18)19)9-6-10(15)8-16-7-9/h2-8,13,17H,1H3,(H,18,19). The summed E-state index contributed by atoms with van der Waals surface area (Å²) in [5, 5.41) is 12.3. The van der Waals surface area contributed by atoms with E-state index in [1.807, 2.05) is 0 Å². The second kappa shape index (κ2) is 6.38. The van der Waals surface area contributed by atoms with Gasteiger partial charge >= 0.3 is 5.97 Å². The Kier molecular flexibility index (Phi) is 4.57. The molecule has 0 bridgehead atoms. The number of aromatic nitrogens is 1. The Morgan fingerprint density at radius 3 is 2.60 bits per heavy atom. The zero-order valence-corrected chi connectivity index (χ0v) is 12.3. The number of halogens is 1. The maximum absolute atomic E-state index is 11.4. The van der Waals surface area contributed by atoms with Crippen LogP contribution in [0.2, 0.25) is 0 Å². The number of nitrogens with one attached hydrogen (secondary N) is 1. The molecule has 1 unspecified atom stereocenters. The van der Waals surface area contributed by atoms with E-state index in [1.54, 1.807) is 43.6 Å². The van der Waals surface area contributed by atoms with Crippen LogP contribution in [0.5, 0.6) is 5.75 Å². The Bertz CT molecular complexity index is 602. The van der Waals surface area contributed by atoms with E-state index < -0.39 is 12.0 Å². The molecule has 20 heavy (non-hydrogen) atoms. The molecule has 0 saturated heterocycles. The summed E-state index contributed by atoms with van der Waals surface area (Å²) in [7, 11) is 1.58. The molecule has 0 radical (unpaired) electrons. The summed E-state index contributed by atoms with van der Waals surface area (Å²) < 4.78 is 5.80. The Balaban J connectivity index is 2.23. The van der Waals surface area contributed by atoms with E-state index in [4.69, 9.17) is 4.74 Å². The third kappa shape index (κ3) is 3.48. The third-order valence-corrected chi connectivity index (χ3v) is 3.14. The minimum absolute atomic E-state index is 0.572. The minimum atomic E-state index is -0.972. The summed E-state index contributed by atoms with van der Waals surface area (Å²) in [6, 6.07) is 7.91. The van der Waals surface area contributed by atoms with Crippen molar-refractivity contribution in [1.29, 1.82) is 0 Å². The van der Waals surface area contributed by atoms with Gasteiger partial charge in [0.2, 0.25) is 0 Å². The first-order valence-corrected chi connectivity index (χ1v) is 6.63. The van der Waals surface area contributed by atoms with Crippen LogP contribution in [0.25, 0.3) is 0 Å². The number of methoxy groups -OCH3 is 1. The first kappa shape index (κ1) is 14.3. The number of carboxylic acids is 1. The summed E-state index contributed by atoms with van der Waals surface area (Å²) in [6.45, 7) is 0. The van der Waals surface area contributed by atoms with Crippen LogP contribution >= 0.6 is 15.9 Å². The lowest BCUT2D eigenvalue weighted by Crippen LogP contribution is -2.20. The molecule has 2 aromatic rings. The molecule has 0 fully saturated rings. The first-order valence-electron chi connectivity index (χ1n) is 5.84. The zero-order valence-electron chi connectivity index (χ0n) is 10.7. The number of hydrogen-bond donors (Lipinski definition) is 2. The highest BCUT2D eigenvalue weighted by Crippen LogP contribution is 2.23. The molecule has 5 nitrogen and oxygen atoms in total. The normalized spacial score (nSPS) is 11.7. The number of benzene rings is 1. The van der Waals surface area contributed by atoms with Gasteiger partial charge in [-0.25, -0.2) is 4.79 Å². The zero-order chi connectivity index (χ0) is 14.5. The number of carbonyl (C=O) groups is 1. The minimum Gasteiger partial charge on any atom is -0.497 e. The van der Waals surface area contributed by atoms with Gasteiger partial charge in [-0.05, 0) is 46.3 Å². The fraction of sp³-hybridized carbons (Fsp3) is 0.143. The molecule has 1 aromatic carbocycles. The van der Waals surface area contributed by atoms with Crippen LogP contribution in [-0.4, -0.2) is 23.2 Å². The van der Waals surface area contributed by atoms with Gasteiger partial charge in [0.25, 0.3) is 0 Å². The molecule has 0 saturated carbocycles. The van der Waals surface area contributed by atoms with Gasteiger partial charge in [-0.15, -0.1) is 0 Å². The average molecular weight is 337 g/mol.